The van der Waals surface area contributed by atoms with Crippen LogP contribution in [0.1, 0.15) is 40.3 Å². The number of rotatable bonds is 6. The summed E-state index contributed by atoms with van der Waals surface area (Å²) in [5.74, 6) is 1.60. The zero-order chi connectivity index (χ0) is 22.6. The van der Waals surface area contributed by atoms with Crippen LogP contribution < -0.4 is 9.47 Å². The highest BCUT2D eigenvalue weighted by Gasteiger charge is 2.31. The average molecular weight is 443 g/mol. The summed E-state index contributed by atoms with van der Waals surface area (Å²) in [4.78, 5) is 5.30. The lowest BCUT2D eigenvalue weighted by molar-refractivity contribution is 0.0641. The Bertz CT molecular complexity index is 1050. The predicted molar refractivity (Wildman–Crippen MR) is 133 cm³/mol. The van der Waals surface area contributed by atoms with Gasteiger partial charge in [-0.25, -0.2) is 0 Å². The van der Waals surface area contributed by atoms with Gasteiger partial charge in [0.15, 0.2) is 11.5 Å². The lowest BCUT2D eigenvalue weighted by atomic mass is 9.93. The van der Waals surface area contributed by atoms with Gasteiger partial charge in [0.1, 0.15) is 0 Å². The van der Waals surface area contributed by atoms with Crippen LogP contribution in [0.15, 0.2) is 66.7 Å². The smallest absolute Gasteiger partial charge is 0.160 e. The second-order valence-electron chi connectivity index (χ2n) is 9.16. The van der Waals surface area contributed by atoms with E-state index in [1.807, 2.05) is 6.07 Å². The van der Waals surface area contributed by atoms with Gasteiger partial charge in [0, 0.05) is 19.6 Å². The maximum Gasteiger partial charge on any atom is 0.160 e. The van der Waals surface area contributed by atoms with E-state index < -0.39 is 0 Å². The largest absolute Gasteiger partial charge is 0.493 e. The summed E-state index contributed by atoms with van der Waals surface area (Å²) < 4.78 is 10.9. The van der Waals surface area contributed by atoms with Crippen molar-refractivity contribution >= 4 is 0 Å². The van der Waals surface area contributed by atoms with Crippen LogP contribution in [0.5, 0.6) is 11.5 Å². The summed E-state index contributed by atoms with van der Waals surface area (Å²) in [7, 11) is 3.39. The molecule has 1 saturated heterocycles. The van der Waals surface area contributed by atoms with E-state index in [1.54, 1.807) is 14.2 Å². The zero-order valence-electron chi connectivity index (χ0n) is 19.8. The van der Waals surface area contributed by atoms with Crippen molar-refractivity contribution in [2.75, 3.05) is 40.5 Å². The minimum Gasteiger partial charge on any atom is -0.493 e. The van der Waals surface area contributed by atoms with Crippen molar-refractivity contribution in [3.05, 3.63) is 94.5 Å². The number of hydrogen-bond acceptors (Lipinski definition) is 4. The highest BCUT2D eigenvalue weighted by Crippen LogP contribution is 2.37. The highest BCUT2D eigenvalue weighted by molar-refractivity contribution is 5.45. The van der Waals surface area contributed by atoms with E-state index in [9.17, 15) is 0 Å². The number of methoxy groups -OCH3 is 2. The molecule has 2 aliphatic rings. The number of ether oxygens (including phenoxy) is 2. The molecule has 1 aliphatic carbocycles. The molecule has 1 heterocycles. The molecule has 4 heteroatoms. The van der Waals surface area contributed by atoms with Crippen molar-refractivity contribution in [2.45, 2.75) is 31.7 Å². The Morgan fingerprint density at radius 2 is 1.45 bits per heavy atom. The molecule has 33 heavy (non-hydrogen) atoms. The first kappa shape index (κ1) is 22.0. The minimum atomic E-state index is 0.337. The van der Waals surface area contributed by atoms with E-state index in [0.29, 0.717) is 6.04 Å². The summed E-state index contributed by atoms with van der Waals surface area (Å²) in [5.41, 5.74) is 7.27. The molecule has 3 aromatic rings. The fraction of sp³-hybridized carbons (Fsp3) is 0.379. The van der Waals surface area contributed by atoms with Crippen LogP contribution >= 0.6 is 0 Å². The quantitative estimate of drug-likeness (QED) is 0.530. The minimum absolute atomic E-state index is 0.337. The van der Waals surface area contributed by atoms with E-state index in [1.165, 1.54) is 34.2 Å². The lowest BCUT2D eigenvalue weighted by Gasteiger charge is -2.41. The normalized spacial score (nSPS) is 17.2. The number of nitrogens with zero attached hydrogens (tertiary/aromatic N) is 2. The van der Waals surface area contributed by atoms with Gasteiger partial charge < -0.3 is 9.47 Å². The monoisotopic (exact) mass is 442 g/mol. The fourth-order valence-electron chi connectivity index (χ4n) is 5.50. The van der Waals surface area contributed by atoms with Gasteiger partial charge in [0.25, 0.3) is 0 Å². The summed E-state index contributed by atoms with van der Waals surface area (Å²) in [6.45, 7) is 4.34. The highest BCUT2D eigenvalue weighted by atomic mass is 16.5. The SMILES string of the molecule is COc1ccc(CCN2CCCN(C3c4ccccc4CCc4ccccc43)C2)cc1OC. The Morgan fingerprint density at radius 1 is 0.788 bits per heavy atom. The van der Waals surface area contributed by atoms with Crippen LogP contribution in [0.4, 0.5) is 0 Å². The molecule has 0 atom stereocenters. The molecule has 1 aliphatic heterocycles. The van der Waals surface area contributed by atoms with E-state index in [0.717, 1.165) is 57.1 Å². The molecule has 0 N–H and O–H groups in total. The van der Waals surface area contributed by atoms with Gasteiger partial charge >= 0.3 is 0 Å². The van der Waals surface area contributed by atoms with Crippen LogP contribution in [-0.2, 0) is 19.3 Å². The summed E-state index contributed by atoms with van der Waals surface area (Å²) in [6.07, 6.45) is 4.46. The number of aryl methyl sites for hydroxylation is 2. The van der Waals surface area contributed by atoms with Crippen molar-refractivity contribution in [1.29, 1.82) is 0 Å². The van der Waals surface area contributed by atoms with Crippen molar-refractivity contribution < 1.29 is 9.47 Å². The molecule has 3 aromatic carbocycles. The zero-order valence-corrected chi connectivity index (χ0v) is 19.8. The molecule has 1 fully saturated rings. The van der Waals surface area contributed by atoms with E-state index in [2.05, 4.69) is 70.5 Å². The first-order valence-corrected chi connectivity index (χ1v) is 12.1. The van der Waals surface area contributed by atoms with Crippen LogP contribution in [0.25, 0.3) is 0 Å². The molecule has 172 valence electrons. The molecule has 0 bridgehead atoms. The molecule has 0 radical (unpaired) electrons. The van der Waals surface area contributed by atoms with Crippen molar-refractivity contribution in [3.8, 4) is 11.5 Å². The maximum atomic E-state index is 5.50. The molecular weight excluding hydrogens is 408 g/mol. The van der Waals surface area contributed by atoms with Crippen molar-refractivity contribution in [1.82, 2.24) is 9.80 Å². The first-order chi connectivity index (χ1) is 16.3. The first-order valence-electron chi connectivity index (χ1n) is 12.1. The second-order valence-corrected chi connectivity index (χ2v) is 9.16. The van der Waals surface area contributed by atoms with Gasteiger partial charge in [-0.2, -0.15) is 0 Å². The molecule has 5 rings (SSSR count). The summed E-state index contributed by atoms with van der Waals surface area (Å²) in [5, 5.41) is 0. The van der Waals surface area contributed by atoms with Crippen LogP contribution in [0, 0.1) is 0 Å². The van der Waals surface area contributed by atoms with Gasteiger partial charge in [-0.05, 0) is 65.6 Å². The maximum absolute atomic E-state index is 5.50. The van der Waals surface area contributed by atoms with Crippen molar-refractivity contribution in [3.63, 3.8) is 0 Å². The molecule has 0 unspecified atom stereocenters. The topological polar surface area (TPSA) is 24.9 Å². The second kappa shape index (κ2) is 9.98. The third-order valence-corrected chi connectivity index (χ3v) is 7.19. The summed E-state index contributed by atoms with van der Waals surface area (Å²) in [6, 6.07) is 24.8. The lowest BCUT2D eigenvalue weighted by Crippen LogP contribution is -2.47. The van der Waals surface area contributed by atoms with Crippen LogP contribution in [0.2, 0.25) is 0 Å². The molecule has 4 nitrogen and oxygen atoms in total. The number of benzene rings is 3. The van der Waals surface area contributed by atoms with Gasteiger partial charge in [0.05, 0.1) is 26.9 Å². The Labute approximate surface area is 197 Å². The Kier molecular flexibility index (Phi) is 6.65. The van der Waals surface area contributed by atoms with Gasteiger partial charge in [-0.3, -0.25) is 9.80 Å². The molecule has 0 spiro atoms. The predicted octanol–water partition coefficient (Wildman–Crippen LogP) is 5.10. The number of fused-ring (bicyclic) bond motifs is 2. The Morgan fingerprint density at radius 3 is 2.12 bits per heavy atom. The Hall–Kier alpha value is -2.82. The number of hydrogen-bond donors (Lipinski definition) is 0. The average Bonchev–Trinajstić information content (AvgIpc) is 3.04. The van der Waals surface area contributed by atoms with Gasteiger partial charge in [-0.15, -0.1) is 0 Å². The van der Waals surface area contributed by atoms with Crippen LogP contribution in [0.3, 0.4) is 0 Å². The third kappa shape index (κ3) is 4.64. The van der Waals surface area contributed by atoms with Gasteiger partial charge in [-0.1, -0.05) is 54.6 Å². The molecular formula is C29H34N2O2. The van der Waals surface area contributed by atoms with E-state index >= 15 is 0 Å². The standard InChI is InChI=1S/C29H34N2O2/c1-32-27-15-12-22(20-28(27)33-2)16-19-30-17-7-18-31(21-30)29-25-10-5-3-8-23(25)13-14-24-9-4-6-11-26(24)29/h3-6,8-12,15,20,29H,7,13-14,16-19,21H2,1-2H3. The van der Waals surface area contributed by atoms with E-state index in [-0.39, 0.29) is 0 Å². The molecule has 0 saturated carbocycles. The Balaban J connectivity index is 1.35. The van der Waals surface area contributed by atoms with Crippen LogP contribution in [-0.4, -0.2) is 50.3 Å². The van der Waals surface area contributed by atoms with Gasteiger partial charge in [0.2, 0.25) is 0 Å². The van der Waals surface area contributed by atoms with E-state index in [4.69, 9.17) is 9.47 Å². The molecule has 0 amide bonds. The molecule has 0 aromatic heterocycles. The fourth-order valence-corrected chi connectivity index (χ4v) is 5.50. The summed E-state index contributed by atoms with van der Waals surface area (Å²) >= 11 is 0. The third-order valence-electron chi connectivity index (χ3n) is 7.19. The van der Waals surface area contributed by atoms with Crippen molar-refractivity contribution in [2.24, 2.45) is 0 Å².